The number of aldehydes is 1. The molecule has 1 fully saturated rings. The summed E-state index contributed by atoms with van der Waals surface area (Å²) in [5.74, 6) is 2.21. The molecule has 1 heterocycles. The number of ether oxygens (including phenoxy) is 1. The highest BCUT2D eigenvalue weighted by Gasteiger charge is 2.38. The van der Waals surface area contributed by atoms with Gasteiger partial charge < -0.3 is 15.2 Å². The van der Waals surface area contributed by atoms with Gasteiger partial charge in [-0.1, -0.05) is 19.8 Å². The van der Waals surface area contributed by atoms with E-state index in [4.69, 9.17) is 16.3 Å². The molecule has 1 aliphatic rings. The van der Waals surface area contributed by atoms with Crippen molar-refractivity contribution in [3.8, 4) is 12.3 Å². The lowest BCUT2D eigenvalue weighted by atomic mass is 10.0. The molecule has 6 heteroatoms. The molecule has 1 rings (SSSR count). The van der Waals surface area contributed by atoms with E-state index in [1.807, 2.05) is 13.8 Å². The number of carbonyl (C=O) groups is 2. The highest BCUT2D eigenvalue weighted by atomic mass is 16.5. The lowest BCUT2D eigenvalue weighted by molar-refractivity contribution is -0.104. The fourth-order valence-electron chi connectivity index (χ4n) is 1.80. The lowest BCUT2D eigenvalue weighted by Crippen LogP contribution is -2.44. The molecule has 20 heavy (non-hydrogen) atoms. The van der Waals surface area contributed by atoms with Crippen molar-refractivity contribution in [2.75, 3.05) is 13.7 Å². The Morgan fingerprint density at radius 1 is 1.60 bits per heavy atom. The molecule has 0 saturated carbocycles. The minimum atomic E-state index is -0.678. The summed E-state index contributed by atoms with van der Waals surface area (Å²) in [6, 6.07) is -0.433. The van der Waals surface area contributed by atoms with Gasteiger partial charge in [-0.15, -0.1) is 6.42 Å². The normalized spacial score (nSPS) is 24.4. The molecule has 1 aliphatic heterocycles. The van der Waals surface area contributed by atoms with Crippen LogP contribution in [0.15, 0.2) is 12.3 Å². The Morgan fingerprint density at radius 2 is 2.25 bits per heavy atom. The summed E-state index contributed by atoms with van der Waals surface area (Å²) in [5, 5.41) is 11.5. The van der Waals surface area contributed by atoms with Crippen LogP contribution in [-0.4, -0.2) is 48.3 Å². The van der Waals surface area contributed by atoms with Crippen LogP contribution in [0.2, 0.25) is 0 Å². The quantitative estimate of drug-likeness (QED) is 0.452. The predicted molar refractivity (Wildman–Crippen MR) is 75.5 cm³/mol. The number of allylic oxidation sites excluding steroid dienone is 1. The zero-order valence-electron chi connectivity index (χ0n) is 12.1. The second kappa shape index (κ2) is 10.0. The van der Waals surface area contributed by atoms with Gasteiger partial charge in [-0.3, -0.25) is 9.69 Å². The molecule has 0 bridgehead atoms. The number of terminal acetylenes is 1. The molecule has 0 radical (unpaired) electrons. The average molecular weight is 282 g/mol. The first-order valence-electron chi connectivity index (χ1n) is 6.52. The Hall–Kier alpha value is -1.84. The standard InChI is InChI=1S/C12H16N2O4.C2H6/c1-3-9-7-10(8-16)18-11(9)14(5-4-6-15)12(17)13-2;1-2/h1,4-6,9-11,16H,7-8H2,2H3,(H,13,17);1-2H3/b5-4-;. The van der Waals surface area contributed by atoms with E-state index >= 15 is 0 Å². The Labute approximate surface area is 119 Å². The van der Waals surface area contributed by atoms with E-state index in [1.165, 1.54) is 24.2 Å². The van der Waals surface area contributed by atoms with E-state index in [2.05, 4.69) is 11.2 Å². The smallest absolute Gasteiger partial charge is 0.323 e. The summed E-state index contributed by atoms with van der Waals surface area (Å²) in [4.78, 5) is 23.3. The first-order chi connectivity index (χ1) is 9.67. The summed E-state index contributed by atoms with van der Waals surface area (Å²) in [6.07, 6.45) is 7.82. The van der Waals surface area contributed by atoms with Crippen molar-refractivity contribution in [3.05, 3.63) is 12.3 Å². The van der Waals surface area contributed by atoms with Gasteiger partial charge in [0.15, 0.2) is 6.23 Å². The van der Waals surface area contributed by atoms with Crippen molar-refractivity contribution < 1.29 is 19.4 Å². The molecule has 3 unspecified atom stereocenters. The topological polar surface area (TPSA) is 78.9 Å². The minimum absolute atomic E-state index is 0.159. The molecule has 0 aromatic heterocycles. The largest absolute Gasteiger partial charge is 0.394 e. The van der Waals surface area contributed by atoms with Crippen LogP contribution < -0.4 is 5.32 Å². The van der Waals surface area contributed by atoms with Crippen molar-refractivity contribution in [3.63, 3.8) is 0 Å². The zero-order valence-corrected chi connectivity index (χ0v) is 12.1. The third-order valence-corrected chi connectivity index (χ3v) is 2.66. The SMILES string of the molecule is C#CC1CC(CO)OC1N(/C=C\C=O)C(=O)NC.CC. The molecule has 2 N–H and O–H groups in total. The van der Waals surface area contributed by atoms with Gasteiger partial charge in [-0.05, 0) is 12.5 Å². The summed E-state index contributed by atoms with van der Waals surface area (Å²) in [5.41, 5.74) is 0. The van der Waals surface area contributed by atoms with Crippen LogP contribution in [0.3, 0.4) is 0 Å². The second-order valence-corrected chi connectivity index (χ2v) is 3.78. The maximum Gasteiger partial charge on any atom is 0.323 e. The summed E-state index contributed by atoms with van der Waals surface area (Å²) in [6.45, 7) is 3.84. The van der Waals surface area contributed by atoms with Crippen molar-refractivity contribution >= 4 is 12.3 Å². The zero-order chi connectivity index (χ0) is 15.5. The molecule has 3 atom stereocenters. The molecule has 6 nitrogen and oxygen atoms in total. The molecule has 0 aromatic rings. The van der Waals surface area contributed by atoms with Gasteiger partial charge in [0.05, 0.1) is 18.6 Å². The highest BCUT2D eigenvalue weighted by Crippen LogP contribution is 2.28. The van der Waals surface area contributed by atoms with Crippen LogP contribution >= 0.6 is 0 Å². The van der Waals surface area contributed by atoms with Crippen LogP contribution in [-0.2, 0) is 9.53 Å². The highest BCUT2D eigenvalue weighted by molar-refractivity contribution is 5.76. The number of hydrogen-bond donors (Lipinski definition) is 2. The maximum atomic E-state index is 11.7. The van der Waals surface area contributed by atoms with Crippen LogP contribution in [0.1, 0.15) is 20.3 Å². The number of aliphatic hydroxyl groups is 1. The van der Waals surface area contributed by atoms with Gasteiger partial charge in [-0.2, -0.15) is 0 Å². The van der Waals surface area contributed by atoms with Crippen molar-refractivity contribution in [2.24, 2.45) is 5.92 Å². The molecule has 0 spiro atoms. The number of amides is 2. The second-order valence-electron chi connectivity index (χ2n) is 3.78. The van der Waals surface area contributed by atoms with Gasteiger partial charge in [0.25, 0.3) is 0 Å². The number of aliphatic hydroxyl groups excluding tert-OH is 1. The van der Waals surface area contributed by atoms with E-state index in [0.717, 1.165) is 0 Å². The van der Waals surface area contributed by atoms with Gasteiger partial charge in [0, 0.05) is 13.2 Å². The summed E-state index contributed by atoms with van der Waals surface area (Å²) >= 11 is 0. The number of rotatable bonds is 4. The average Bonchev–Trinajstić information content (AvgIpc) is 2.92. The van der Waals surface area contributed by atoms with E-state index in [-0.39, 0.29) is 12.5 Å². The van der Waals surface area contributed by atoms with Crippen molar-refractivity contribution in [2.45, 2.75) is 32.6 Å². The Morgan fingerprint density at radius 3 is 2.70 bits per heavy atom. The van der Waals surface area contributed by atoms with Gasteiger partial charge in [0.2, 0.25) is 0 Å². The Balaban J connectivity index is 0.00000172. The Kier molecular flexibility index (Phi) is 9.09. The van der Waals surface area contributed by atoms with Gasteiger partial charge in [-0.25, -0.2) is 4.79 Å². The summed E-state index contributed by atoms with van der Waals surface area (Å²) < 4.78 is 5.50. The molecule has 112 valence electrons. The van der Waals surface area contributed by atoms with Crippen LogP contribution in [0.5, 0.6) is 0 Å². The molecule has 0 aromatic carbocycles. The van der Waals surface area contributed by atoms with E-state index in [1.54, 1.807) is 0 Å². The number of urea groups is 1. The van der Waals surface area contributed by atoms with Crippen LogP contribution in [0.25, 0.3) is 0 Å². The first kappa shape index (κ1) is 18.2. The fourth-order valence-corrected chi connectivity index (χ4v) is 1.80. The number of carbonyl (C=O) groups excluding carboxylic acids is 2. The van der Waals surface area contributed by atoms with E-state index < -0.39 is 18.4 Å². The molecule has 1 saturated heterocycles. The maximum absolute atomic E-state index is 11.7. The lowest BCUT2D eigenvalue weighted by Gasteiger charge is -2.26. The number of nitrogens with zero attached hydrogens (tertiary/aromatic N) is 1. The third kappa shape index (κ3) is 4.68. The first-order valence-corrected chi connectivity index (χ1v) is 6.52. The van der Waals surface area contributed by atoms with Crippen molar-refractivity contribution in [1.82, 2.24) is 10.2 Å². The van der Waals surface area contributed by atoms with Crippen molar-refractivity contribution in [1.29, 1.82) is 0 Å². The molecule has 2 amide bonds. The third-order valence-electron chi connectivity index (χ3n) is 2.66. The molecule has 0 aliphatic carbocycles. The predicted octanol–water partition coefficient (Wildman–Crippen LogP) is 0.723. The number of nitrogens with one attached hydrogen (secondary N) is 1. The van der Waals surface area contributed by atoms with Gasteiger partial charge in [0.1, 0.15) is 6.29 Å². The summed E-state index contributed by atoms with van der Waals surface area (Å²) in [7, 11) is 1.47. The number of hydrogen-bond acceptors (Lipinski definition) is 4. The molecular formula is C14H22N2O4. The van der Waals surface area contributed by atoms with Crippen LogP contribution in [0.4, 0.5) is 4.79 Å². The van der Waals surface area contributed by atoms with Crippen LogP contribution in [0, 0.1) is 18.3 Å². The van der Waals surface area contributed by atoms with Gasteiger partial charge >= 0.3 is 6.03 Å². The van der Waals surface area contributed by atoms with E-state index in [9.17, 15) is 9.59 Å². The van der Waals surface area contributed by atoms with E-state index in [0.29, 0.717) is 12.7 Å². The Bertz CT molecular complexity index is 376. The minimum Gasteiger partial charge on any atom is -0.394 e. The molecular weight excluding hydrogens is 260 g/mol. The monoisotopic (exact) mass is 282 g/mol. The fraction of sp³-hybridized carbons (Fsp3) is 0.571.